The van der Waals surface area contributed by atoms with Crippen molar-refractivity contribution >= 4 is 23.6 Å². The lowest BCUT2D eigenvalue weighted by atomic mass is 10.1. The molecule has 2 aliphatic rings. The molecular formula is C44H51F5N4O5S. The van der Waals surface area contributed by atoms with Gasteiger partial charge in [0.15, 0.2) is 0 Å². The van der Waals surface area contributed by atoms with Crippen LogP contribution in [0.25, 0.3) is 0 Å². The van der Waals surface area contributed by atoms with Gasteiger partial charge in [-0.15, -0.1) is 24.9 Å². The predicted octanol–water partition coefficient (Wildman–Crippen LogP) is 7.58. The second kappa shape index (κ2) is 23.1. The Labute approximate surface area is 347 Å². The topological polar surface area (TPSA) is 74.8 Å². The predicted molar refractivity (Wildman–Crippen MR) is 218 cm³/mol. The number of nitrogens with zero attached hydrogens (tertiary/aromatic N) is 4. The summed E-state index contributed by atoms with van der Waals surface area (Å²) in [6.45, 7) is 8.23. The van der Waals surface area contributed by atoms with Gasteiger partial charge in [-0.25, -0.2) is 8.78 Å². The largest absolute Gasteiger partial charge is 0.573 e. The van der Waals surface area contributed by atoms with E-state index in [0.717, 1.165) is 39.1 Å². The standard InChI is InChI=1S/C22H24F4N2O3.C22H27FN2O2S/c23-18-6-8-19(9-7-18)30-16-15-27-11-13-28(14-12-27)21(29)10-5-17-3-1-2-4-20(17)31-22(24,25)26;1-28-21-9-2-18(3-10-21)4-11-22(26)25-14-12-24(13-15-25)16-17-27-20-7-5-19(23)6-8-20/h1-4,6-9H,5,10-16H2;2-3,5-10H,4,11-17H2,1H3. The number of piperazine rings is 2. The first-order valence-corrected chi connectivity index (χ1v) is 20.9. The number of hydrogen-bond donors (Lipinski definition) is 0. The van der Waals surface area contributed by atoms with Gasteiger partial charge in [-0.1, -0.05) is 30.3 Å². The minimum absolute atomic E-state index is 0.0935. The van der Waals surface area contributed by atoms with E-state index in [1.54, 1.807) is 47.0 Å². The van der Waals surface area contributed by atoms with E-state index in [4.69, 9.17) is 9.47 Å². The van der Waals surface area contributed by atoms with Gasteiger partial charge in [0, 0.05) is 83.2 Å². The highest BCUT2D eigenvalue weighted by molar-refractivity contribution is 7.98. The van der Waals surface area contributed by atoms with E-state index in [9.17, 15) is 31.5 Å². The van der Waals surface area contributed by atoms with Gasteiger partial charge in [0.25, 0.3) is 0 Å². The molecule has 0 aliphatic carbocycles. The molecule has 6 rings (SSSR count). The lowest BCUT2D eigenvalue weighted by molar-refractivity contribution is -0.274. The van der Waals surface area contributed by atoms with Crippen LogP contribution >= 0.6 is 11.8 Å². The summed E-state index contributed by atoms with van der Waals surface area (Å²) < 4.78 is 78.6. The van der Waals surface area contributed by atoms with Crippen LogP contribution in [0.2, 0.25) is 0 Å². The zero-order valence-corrected chi connectivity index (χ0v) is 34.0. The molecule has 0 spiro atoms. The Kier molecular flexibility index (Phi) is 17.7. The van der Waals surface area contributed by atoms with Crippen molar-refractivity contribution in [3.63, 3.8) is 0 Å². The molecule has 0 aromatic heterocycles. The molecule has 2 fully saturated rings. The summed E-state index contributed by atoms with van der Waals surface area (Å²) >= 11 is 1.73. The number of rotatable bonds is 16. The van der Waals surface area contributed by atoms with Crippen LogP contribution in [0.5, 0.6) is 17.2 Å². The summed E-state index contributed by atoms with van der Waals surface area (Å²) in [5.74, 6) is 0.578. The molecule has 0 atom stereocenters. The molecular weight excluding hydrogens is 792 g/mol. The number of amides is 2. The van der Waals surface area contributed by atoms with Crippen molar-refractivity contribution in [2.45, 2.75) is 36.9 Å². The molecule has 0 N–H and O–H groups in total. The number of para-hydroxylation sites is 1. The number of alkyl halides is 3. The highest BCUT2D eigenvalue weighted by Gasteiger charge is 2.32. The quantitative estimate of drug-likeness (QED) is 0.0845. The molecule has 2 heterocycles. The maximum atomic E-state index is 12.9. The van der Waals surface area contributed by atoms with Crippen molar-refractivity contribution in [1.82, 2.24) is 19.6 Å². The molecule has 15 heteroatoms. The van der Waals surface area contributed by atoms with Crippen LogP contribution in [0.1, 0.15) is 24.0 Å². The van der Waals surface area contributed by atoms with Crippen LogP contribution in [0.4, 0.5) is 22.0 Å². The van der Waals surface area contributed by atoms with E-state index in [-0.39, 0.29) is 42.0 Å². The highest BCUT2D eigenvalue weighted by atomic mass is 32.2. The number of halogens is 5. The highest BCUT2D eigenvalue weighted by Crippen LogP contribution is 2.27. The molecule has 2 amide bonds. The fraction of sp³-hybridized carbons (Fsp3) is 0.409. The zero-order chi connectivity index (χ0) is 42.0. The van der Waals surface area contributed by atoms with Gasteiger partial charge >= 0.3 is 6.36 Å². The first kappa shape index (κ1) is 45.2. The van der Waals surface area contributed by atoms with Crippen molar-refractivity contribution in [1.29, 1.82) is 0 Å². The molecule has 2 saturated heterocycles. The monoisotopic (exact) mass is 842 g/mol. The molecule has 9 nitrogen and oxygen atoms in total. The third-order valence-electron chi connectivity index (χ3n) is 10.0. The van der Waals surface area contributed by atoms with Gasteiger partial charge in [0.2, 0.25) is 11.8 Å². The van der Waals surface area contributed by atoms with Gasteiger partial charge in [-0.05, 0) is 97.0 Å². The summed E-state index contributed by atoms with van der Waals surface area (Å²) in [5.41, 5.74) is 1.56. The van der Waals surface area contributed by atoms with Crippen molar-refractivity contribution in [3.05, 3.63) is 120 Å². The van der Waals surface area contributed by atoms with E-state index >= 15 is 0 Å². The number of hydrogen-bond acceptors (Lipinski definition) is 8. The van der Waals surface area contributed by atoms with E-state index in [2.05, 4.69) is 45.1 Å². The molecule has 0 bridgehead atoms. The summed E-state index contributed by atoms with van der Waals surface area (Å²) in [6, 6.07) is 26.2. The van der Waals surface area contributed by atoms with Crippen LogP contribution in [-0.4, -0.2) is 123 Å². The fourth-order valence-corrected chi connectivity index (χ4v) is 7.03. The zero-order valence-electron chi connectivity index (χ0n) is 33.2. The summed E-state index contributed by atoms with van der Waals surface area (Å²) in [4.78, 5) is 34.4. The van der Waals surface area contributed by atoms with Gasteiger partial charge in [-0.2, -0.15) is 0 Å². The van der Waals surface area contributed by atoms with Gasteiger partial charge in [0.1, 0.15) is 42.1 Å². The minimum Gasteiger partial charge on any atom is -0.492 e. The van der Waals surface area contributed by atoms with Gasteiger partial charge in [0.05, 0.1) is 0 Å². The van der Waals surface area contributed by atoms with E-state index < -0.39 is 6.36 Å². The first-order chi connectivity index (χ1) is 28.4. The molecule has 4 aromatic rings. The Hall–Kier alpha value is -4.86. The lowest BCUT2D eigenvalue weighted by Gasteiger charge is -2.34. The number of thioether (sulfide) groups is 1. The van der Waals surface area contributed by atoms with Crippen molar-refractivity contribution < 1.29 is 45.8 Å². The number of carbonyl (C=O) groups excluding carboxylic acids is 2. The molecule has 2 aliphatic heterocycles. The van der Waals surface area contributed by atoms with Crippen LogP contribution in [-0.2, 0) is 22.4 Å². The Morgan fingerprint density at radius 3 is 1.53 bits per heavy atom. The Bertz CT molecular complexity index is 1870. The Balaban J connectivity index is 0.000000225. The lowest BCUT2D eigenvalue weighted by Crippen LogP contribution is -2.49. The molecule has 0 radical (unpaired) electrons. The molecule has 0 saturated carbocycles. The van der Waals surface area contributed by atoms with Crippen molar-refractivity contribution in [2.75, 3.05) is 84.9 Å². The van der Waals surface area contributed by atoms with Gasteiger partial charge < -0.3 is 24.0 Å². The molecule has 4 aromatic carbocycles. The number of aryl methyl sites for hydroxylation is 2. The number of carbonyl (C=O) groups is 2. The van der Waals surface area contributed by atoms with Crippen molar-refractivity contribution in [2.24, 2.45) is 0 Å². The van der Waals surface area contributed by atoms with E-state index in [1.807, 2.05) is 4.90 Å². The third-order valence-corrected chi connectivity index (χ3v) is 10.8. The molecule has 0 unspecified atom stereocenters. The minimum atomic E-state index is -4.77. The van der Waals surface area contributed by atoms with E-state index in [0.29, 0.717) is 69.4 Å². The second-order valence-electron chi connectivity index (χ2n) is 14.1. The average molecular weight is 843 g/mol. The molecule has 318 valence electrons. The Morgan fingerprint density at radius 2 is 1.07 bits per heavy atom. The van der Waals surface area contributed by atoms with Crippen LogP contribution < -0.4 is 14.2 Å². The van der Waals surface area contributed by atoms with Crippen LogP contribution in [0.3, 0.4) is 0 Å². The number of ether oxygens (including phenoxy) is 3. The van der Waals surface area contributed by atoms with Crippen LogP contribution in [0.15, 0.2) is 102 Å². The Morgan fingerprint density at radius 1 is 0.610 bits per heavy atom. The van der Waals surface area contributed by atoms with E-state index in [1.165, 1.54) is 52.9 Å². The van der Waals surface area contributed by atoms with Crippen molar-refractivity contribution in [3.8, 4) is 17.2 Å². The summed E-state index contributed by atoms with van der Waals surface area (Å²) in [5, 5.41) is 0. The van der Waals surface area contributed by atoms with Gasteiger partial charge in [-0.3, -0.25) is 19.4 Å². The summed E-state index contributed by atoms with van der Waals surface area (Å²) in [7, 11) is 0. The third kappa shape index (κ3) is 16.0. The maximum Gasteiger partial charge on any atom is 0.573 e. The van der Waals surface area contributed by atoms with Crippen LogP contribution in [0, 0.1) is 11.6 Å². The fourth-order valence-electron chi connectivity index (χ4n) is 6.62. The number of benzene rings is 4. The average Bonchev–Trinajstić information content (AvgIpc) is 3.24. The second-order valence-corrected chi connectivity index (χ2v) is 14.9. The summed E-state index contributed by atoms with van der Waals surface area (Å²) in [6.07, 6.45) is -1.06. The maximum absolute atomic E-state index is 12.9. The normalized spacial score (nSPS) is 14.9. The molecule has 59 heavy (non-hydrogen) atoms. The smallest absolute Gasteiger partial charge is 0.492 e. The first-order valence-electron chi connectivity index (χ1n) is 19.7. The SMILES string of the molecule is CSc1ccc(CCC(=O)N2CCN(CCOc3ccc(F)cc3)CC2)cc1.O=C(CCc1ccccc1OC(F)(F)F)N1CCN(CCOc2ccc(F)cc2)CC1.